The highest BCUT2D eigenvalue weighted by Crippen LogP contribution is 2.22. The zero-order valence-corrected chi connectivity index (χ0v) is 9.37. The monoisotopic (exact) mass is 243 g/mol. The third-order valence-corrected chi connectivity index (χ3v) is 2.09. The number of nitrogens with one attached hydrogen (secondary N) is 1. The van der Waals surface area contributed by atoms with E-state index in [2.05, 4.69) is 9.50 Å². The maximum Gasteiger partial charge on any atom is 0.217 e. The second kappa shape index (κ2) is 5.47. The number of rotatable bonds is 4. The SMILES string of the molecule is CC(=O)NCc1ccc(N)cc1OS(=O)[O-]. The van der Waals surface area contributed by atoms with Crippen molar-refractivity contribution in [2.75, 3.05) is 5.73 Å². The van der Waals surface area contributed by atoms with Crippen molar-refractivity contribution < 1.29 is 17.7 Å². The molecule has 1 amide bonds. The topological polar surface area (TPSA) is 104 Å². The van der Waals surface area contributed by atoms with Crippen molar-refractivity contribution in [2.45, 2.75) is 13.5 Å². The molecule has 1 rings (SSSR count). The molecule has 0 heterocycles. The van der Waals surface area contributed by atoms with Crippen LogP contribution in [0.15, 0.2) is 18.2 Å². The number of hydrogen-bond acceptors (Lipinski definition) is 5. The number of carbonyl (C=O) groups excluding carboxylic acids is 1. The first kappa shape index (κ1) is 12.5. The van der Waals surface area contributed by atoms with Crippen molar-refractivity contribution in [3.63, 3.8) is 0 Å². The number of benzene rings is 1. The predicted molar refractivity (Wildman–Crippen MR) is 57.9 cm³/mol. The summed E-state index contributed by atoms with van der Waals surface area (Å²) in [5.74, 6) is -0.104. The molecule has 0 fully saturated rings. The number of carbonyl (C=O) groups is 1. The standard InChI is InChI=1S/C9H12N2O4S/c1-6(12)11-5-7-2-3-8(10)4-9(7)15-16(13)14/h2-4H,5,10H2,1H3,(H,11,12)(H,13,14)/p-1. The average molecular weight is 243 g/mol. The lowest BCUT2D eigenvalue weighted by Crippen LogP contribution is -2.19. The van der Waals surface area contributed by atoms with Crippen molar-refractivity contribution >= 4 is 23.0 Å². The molecule has 0 aromatic heterocycles. The van der Waals surface area contributed by atoms with Crippen LogP contribution in [0.3, 0.4) is 0 Å². The van der Waals surface area contributed by atoms with Crippen LogP contribution in [0, 0.1) is 0 Å². The van der Waals surface area contributed by atoms with Crippen LogP contribution >= 0.6 is 0 Å². The molecule has 0 saturated heterocycles. The first-order chi connectivity index (χ1) is 7.49. The Labute approximate surface area is 95.3 Å². The van der Waals surface area contributed by atoms with E-state index in [0.29, 0.717) is 11.3 Å². The van der Waals surface area contributed by atoms with Gasteiger partial charge in [0.1, 0.15) is 17.1 Å². The molecule has 0 aliphatic rings. The van der Waals surface area contributed by atoms with Crippen LogP contribution in [0.2, 0.25) is 0 Å². The van der Waals surface area contributed by atoms with E-state index in [1.807, 2.05) is 0 Å². The molecule has 7 heteroatoms. The van der Waals surface area contributed by atoms with Crippen LogP contribution < -0.4 is 15.2 Å². The molecule has 16 heavy (non-hydrogen) atoms. The molecule has 1 atom stereocenters. The Kier molecular flexibility index (Phi) is 4.27. The summed E-state index contributed by atoms with van der Waals surface area (Å²) in [6.45, 7) is 1.55. The van der Waals surface area contributed by atoms with E-state index in [1.165, 1.54) is 13.0 Å². The minimum atomic E-state index is -2.67. The van der Waals surface area contributed by atoms with E-state index in [0.717, 1.165) is 0 Å². The molecule has 1 unspecified atom stereocenters. The van der Waals surface area contributed by atoms with Gasteiger partial charge in [-0.15, -0.1) is 0 Å². The molecule has 0 radical (unpaired) electrons. The highest BCUT2D eigenvalue weighted by molar-refractivity contribution is 7.74. The van der Waals surface area contributed by atoms with Gasteiger partial charge in [-0.25, -0.2) is 4.21 Å². The van der Waals surface area contributed by atoms with Crippen molar-refractivity contribution in [3.05, 3.63) is 23.8 Å². The van der Waals surface area contributed by atoms with Gasteiger partial charge in [0.25, 0.3) is 0 Å². The molecular weight excluding hydrogens is 232 g/mol. The highest BCUT2D eigenvalue weighted by Gasteiger charge is 2.05. The van der Waals surface area contributed by atoms with Gasteiger partial charge in [-0.2, -0.15) is 0 Å². The summed E-state index contributed by atoms with van der Waals surface area (Å²) in [5.41, 5.74) is 6.41. The maximum absolute atomic E-state index is 10.7. The lowest BCUT2D eigenvalue weighted by Gasteiger charge is -2.12. The molecule has 0 bridgehead atoms. The molecule has 0 saturated carbocycles. The highest BCUT2D eigenvalue weighted by atomic mass is 32.2. The molecule has 1 aromatic rings. The van der Waals surface area contributed by atoms with Gasteiger partial charge < -0.3 is 19.8 Å². The lowest BCUT2D eigenvalue weighted by atomic mass is 10.2. The average Bonchev–Trinajstić information content (AvgIpc) is 2.15. The fourth-order valence-corrected chi connectivity index (χ4v) is 1.39. The number of amides is 1. The number of nitrogen functional groups attached to an aromatic ring is 1. The Morgan fingerprint density at radius 1 is 1.62 bits per heavy atom. The molecular formula is C9H11N2O4S-. The summed E-state index contributed by atoms with van der Waals surface area (Å²) < 4.78 is 25.4. The summed E-state index contributed by atoms with van der Waals surface area (Å²) in [4.78, 5) is 10.7. The lowest BCUT2D eigenvalue weighted by molar-refractivity contribution is -0.119. The summed E-state index contributed by atoms with van der Waals surface area (Å²) in [6.07, 6.45) is 0. The molecule has 6 nitrogen and oxygen atoms in total. The van der Waals surface area contributed by atoms with Gasteiger partial charge in [0.05, 0.1) is 0 Å². The van der Waals surface area contributed by atoms with Crippen molar-refractivity contribution in [1.29, 1.82) is 0 Å². The van der Waals surface area contributed by atoms with E-state index in [9.17, 15) is 13.6 Å². The molecule has 0 aliphatic heterocycles. The molecule has 0 aliphatic carbocycles. The van der Waals surface area contributed by atoms with Gasteiger partial charge in [-0.3, -0.25) is 4.79 Å². The largest absolute Gasteiger partial charge is 0.740 e. The number of anilines is 1. The van der Waals surface area contributed by atoms with Crippen molar-refractivity contribution in [2.24, 2.45) is 0 Å². The van der Waals surface area contributed by atoms with Crippen LogP contribution in [0.1, 0.15) is 12.5 Å². The Morgan fingerprint density at radius 2 is 2.31 bits per heavy atom. The van der Waals surface area contributed by atoms with E-state index in [1.54, 1.807) is 12.1 Å². The van der Waals surface area contributed by atoms with Crippen LogP contribution in [-0.2, 0) is 22.7 Å². The zero-order valence-electron chi connectivity index (χ0n) is 8.56. The fraction of sp³-hybridized carbons (Fsp3) is 0.222. The Bertz CT molecular complexity index is 422. The smallest absolute Gasteiger partial charge is 0.217 e. The first-order valence-corrected chi connectivity index (χ1v) is 5.39. The minimum absolute atomic E-state index is 0.113. The summed E-state index contributed by atoms with van der Waals surface area (Å²) in [6, 6.07) is 4.57. The molecule has 0 spiro atoms. The maximum atomic E-state index is 10.7. The van der Waals surface area contributed by atoms with E-state index < -0.39 is 11.4 Å². The minimum Gasteiger partial charge on any atom is -0.740 e. The quantitative estimate of drug-likeness (QED) is 0.575. The van der Waals surface area contributed by atoms with E-state index in [-0.39, 0.29) is 18.2 Å². The van der Waals surface area contributed by atoms with Gasteiger partial charge >= 0.3 is 0 Å². The summed E-state index contributed by atoms with van der Waals surface area (Å²) >= 11 is -2.67. The Balaban J connectivity index is 2.88. The molecule has 3 N–H and O–H groups in total. The van der Waals surface area contributed by atoms with Gasteiger partial charge in [-0.05, 0) is 6.07 Å². The molecule has 1 aromatic carbocycles. The van der Waals surface area contributed by atoms with Crippen LogP contribution in [0.5, 0.6) is 5.75 Å². The Hall–Kier alpha value is -1.60. The van der Waals surface area contributed by atoms with Gasteiger partial charge in [0.15, 0.2) is 0 Å². The second-order valence-electron chi connectivity index (χ2n) is 3.06. The second-order valence-corrected chi connectivity index (χ2v) is 3.64. The molecule has 88 valence electrons. The first-order valence-electron chi connectivity index (χ1n) is 4.39. The van der Waals surface area contributed by atoms with Crippen LogP contribution in [0.4, 0.5) is 5.69 Å². The van der Waals surface area contributed by atoms with Crippen molar-refractivity contribution in [3.8, 4) is 5.75 Å². The third kappa shape index (κ3) is 3.87. The summed E-state index contributed by atoms with van der Waals surface area (Å²) in [5, 5.41) is 2.53. The summed E-state index contributed by atoms with van der Waals surface area (Å²) in [7, 11) is 0. The van der Waals surface area contributed by atoms with Gasteiger partial charge in [-0.1, -0.05) is 6.07 Å². The Morgan fingerprint density at radius 3 is 2.88 bits per heavy atom. The fourth-order valence-electron chi connectivity index (χ4n) is 1.09. The predicted octanol–water partition coefficient (Wildman–Crippen LogP) is 0.0778. The zero-order chi connectivity index (χ0) is 12.1. The van der Waals surface area contributed by atoms with Gasteiger partial charge in [0, 0.05) is 30.8 Å². The normalized spacial score (nSPS) is 11.9. The number of hydrogen-bond donors (Lipinski definition) is 2. The van der Waals surface area contributed by atoms with E-state index >= 15 is 0 Å². The number of nitrogens with two attached hydrogens (primary N) is 1. The van der Waals surface area contributed by atoms with Crippen LogP contribution in [0.25, 0.3) is 0 Å². The van der Waals surface area contributed by atoms with Crippen LogP contribution in [-0.4, -0.2) is 14.7 Å². The van der Waals surface area contributed by atoms with Crippen molar-refractivity contribution in [1.82, 2.24) is 5.32 Å². The van der Waals surface area contributed by atoms with Gasteiger partial charge in [0.2, 0.25) is 5.91 Å². The third-order valence-electron chi connectivity index (χ3n) is 1.78. The van der Waals surface area contributed by atoms with E-state index in [4.69, 9.17) is 5.73 Å².